The van der Waals surface area contributed by atoms with Gasteiger partial charge in [0.25, 0.3) is 15.7 Å². The van der Waals surface area contributed by atoms with Crippen molar-refractivity contribution in [3.63, 3.8) is 0 Å². The zero-order valence-electron chi connectivity index (χ0n) is 14.7. The average molecular weight is 393 g/mol. The van der Waals surface area contributed by atoms with E-state index in [9.17, 15) is 13.5 Å². The molecule has 0 amide bonds. The molecule has 0 unspecified atom stereocenters. The Morgan fingerprint density at radius 3 is 2.35 bits per heavy atom. The smallest absolute Gasteiger partial charge is 0.283 e. The van der Waals surface area contributed by atoms with Gasteiger partial charge in [0.2, 0.25) is 0 Å². The van der Waals surface area contributed by atoms with Crippen LogP contribution in [0.15, 0.2) is 70.1 Å². The van der Waals surface area contributed by atoms with Crippen molar-refractivity contribution in [2.24, 2.45) is 4.40 Å². The third kappa shape index (κ3) is 4.86. The Bertz CT molecular complexity index is 906. The van der Waals surface area contributed by atoms with Gasteiger partial charge in [0.05, 0.1) is 4.90 Å². The minimum atomic E-state index is -3.96. The van der Waals surface area contributed by atoms with Crippen LogP contribution in [-0.4, -0.2) is 26.3 Å². The molecule has 2 aromatic rings. The van der Waals surface area contributed by atoms with E-state index in [0.717, 1.165) is 17.3 Å². The van der Waals surface area contributed by atoms with Crippen molar-refractivity contribution in [2.75, 3.05) is 12.9 Å². The van der Waals surface area contributed by atoms with E-state index in [1.54, 1.807) is 55.9 Å². The summed E-state index contributed by atoms with van der Waals surface area (Å²) in [6.45, 7) is 3.72. The van der Waals surface area contributed by atoms with Gasteiger partial charge in [-0.05, 0) is 31.9 Å². The van der Waals surface area contributed by atoms with Crippen LogP contribution < -0.4 is 9.67 Å². The molecule has 6 nitrogen and oxygen atoms in total. The van der Waals surface area contributed by atoms with E-state index in [0.29, 0.717) is 0 Å². The summed E-state index contributed by atoms with van der Waals surface area (Å²) in [5, 5.41) is 12.5. The van der Waals surface area contributed by atoms with E-state index in [-0.39, 0.29) is 22.2 Å². The quantitative estimate of drug-likeness (QED) is 0.325. The van der Waals surface area contributed by atoms with Crippen LogP contribution in [0.1, 0.15) is 12.5 Å². The summed E-state index contributed by atoms with van der Waals surface area (Å²) in [5.41, 5.74) is 0.993. The maximum Gasteiger partial charge on any atom is 0.283 e. The van der Waals surface area contributed by atoms with E-state index in [1.165, 1.54) is 16.7 Å². The van der Waals surface area contributed by atoms with Gasteiger partial charge in [0, 0.05) is 12.1 Å². The van der Waals surface area contributed by atoms with Crippen molar-refractivity contribution in [3.8, 4) is 0 Å². The van der Waals surface area contributed by atoms with E-state index < -0.39 is 16.0 Å². The first kappa shape index (κ1) is 20.0. The molecule has 0 atom stereocenters. The topological polar surface area (TPSA) is 82.7 Å². The number of hydrogen-bond acceptors (Lipinski definition) is 5. The van der Waals surface area contributed by atoms with Gasteiger partial charge >= 0.3 is 0 Å². The molecule has 0 aliphatic rings. The van der Waals surface area contributed by atoms with Crippen molar-refractivity contribution >= 4 is 32.5 Å². The Morgan fingerprint density at radius 2 is 1.81 bits per heavy atom. The molecule has 0 bridgehead atoms. The highest BCUT2D eigenvalue weighted by Gasteiger charge is 2.24. The molecule has 0 radical (unpaired) electrons. The molecule has 0 aliphatic carbocycles. The molecule has 2 rings (SSSR count). The lowest BCUT2D eigenvalue weighted by Gasteiger charge is -2.15. The van der Waals surface area contributed by atoms with Gasteiger partial charge in [-0.2, -0.15) is 13.0 Å². The first-order valence-corrected chi connectivity index (χ1v) is 10.5. The molecule has 0 fully saturated rings. The predicted molar refractivity (Wildman–Crippen MR) is 101 cm³/mol. The number of benzene rings is 1. The van der Waals surface area contributed by atoms with Crippen LogP contribution in [0, 0.1) is 6.92 Å². The number of aryl methyl sites for hydroxylation is 1. The SMILES string of the molecule is CCO/C([O-])=C(/C(=N/S(=O)(=O)c1ccc(C)cc1)SC)[n+]1ccccc1. The van der Waals surface area contributed by atoms with Gasteiger partial charge in [-0.3, -0.25) is 0 Å². The summed E-state index contributed by atoms with van der Waals surface area (Å²) in [6.07, 6.45) is 4.93. The van der Waals surface area contributed by atoms with Crippen molar-refractivity contribution in [1.29, 1.82) is 0 Å². The fraction of sp³-hybridized carbons (Fsp3) is 0.222. The fourth-order valence-electron chi connectivity index (χ4n) is 2.10. The average Bonchev–Trinajstić information content (AvgIpc) is 2.62. The lowest BCUT2D eigenvalue weighted by molar-refractivity contribution is -0.583. The lowest BCUT2D eigenvalue weighted by Crippen LogP contribution is -2.38. The second-order valence-corrected chi connectivity index (χ2v) is 7.64. The summed E-state index contributed by atoms with van der Waals surface area (Å²) >= 11 is 1.06. The molecule has 138 valence electrons. The highest BCUT2D eigenvalue weighted by Crippen LogP contribution is 2.19. The van der Waals surface area contributed by atoms with E-state index >= 15 is 0 Å². The first-order valence-electron chi connectivity index (χ1n) is 7.85. The largest absolute Gasteiger partial charge is 0.609 e. The Labute approximate surface area is 157 Å². The highest BCUT2D eigenvalue weighted by atomic mass is 32.2. The maximum atomic E-state index is 12.7. The van der Waals surface area contributed by atoms with E-state index in [1.807, 2.05) is 6.92 Å². The molecular weight excluding hydrogens is 372 g/mol. The summed E-state index contributed by atoms with van der Waals surface area (Å²) in [4.78, 5) is 0.0657. The number of rotatable bonds is 6. The zero-order chi connectivity index (χ0) is 19.2. The van der Waals surface area contributed by atoms with Crippen LogP contribution in [-0.2, 0) is 14.8 Å². The summed E-state index contributed by atoms with van der Waals surface area (Å²) in [6, 6.07) is 11.6. The van der Waals surface area contributed by atoms with Gasteiger partial charge < -0.3 is 9.84 Å². The normalized spacial score (nSPS) is 13.3. The summed E-state index contributed by atoms with van der Waals surface area (Å²) < 4.78 is 35.8. The standard InChI is InChI=1S/C18H20N2O4S2/c1-4-24-18(21)16(20-12-6-5-7-13-20)17(25-3)19-26(22,23)15-10-8-14(2)9-11-15/h5-13H,4H2,1-3H3. The van der Waals surface area contributed by atoms with Crippen LogP contribution >= 0.6 is 11.8 Å². The van der Waals surface area contributed by atoms with Gasteiger partial charge in [-0.15, -0.1) is 16.2 Å². The molecule has 0 aliphatic heterocycles. The summed E-state index contributed by atoms with van der Waals surface area (Å²) in [7, 11) is -3.96. The van der Waals surface area contributed by atoms with E-state index in [2.05, 4.69) is 4.40 Å². The third-order valence-electron chi connectivity index (χ3n) is 3.36. The molecule has 26 heavy (non-hydrogen) atoms. The fourth-order valence-corrected chi connectivity index (χ4v) is 3.96. The number of nitrogens with zero attached hydrogens (tertiary/aromatic N) is 2. The van der Waals surface area contributed by atoms with Gasteiger partial charge in [0.1, 0.15) is 5.95 Å². The van der Waals surface area contributed by atoms with E-state index in [4.69, 9.17) is 4.74 Å². The Hall–Kier alpha value is -2.32. The van der Waals surface area contributed by atoms with Crippen molar-refractivity contribution in [2.45, 2.75) is 18.7 Å². The number of sulfonamides is 1. The van der Waals surface area contributed by atoms with Crippen molar-refractivity contribution < 1.29 is 22.8 Å². The number of pyridine rings is 1. The van der Waals surface area contributed by atoms with Crippen LogP contribution in [0.4, 0.5) is 0 Å². The number of aromatic nitrogens is 1. The molecule has 0 N–H and O–H groups in total. The summed E-state index contributed by atoms with van der Waals surface area (Å²) in [5.74, 6) is -0.643. The number of hydrogen-bond donors (Lipinski definition) is 0. The first-order chi connectivity index (χ1) is 12.4. The van der Waals surface area contributed by atoms with Gasteiger partial charge in [-0.25, -0.2) is 0 Å². The highest BCUT2D eigenvalue weighted by molar-refractivity contribution is 8.15. The van der Waals surface area contributed by atoms with Crippen LogP contribution in [0.3, 0.4) is 0 Å². The van der Waals surface area contributed by atoms with Crippen LogP contribution in [0.25, 0.3) is 5.70 Å². The lowest BCUT2D eigenvalue weighted by atomic mass is 10.2. The molecule has 0 saturated carbocycles. The zero-order valence-corrected chi connectivity index (χ0v) is 16.4. The second-order valence-electron chi connectivity index (χ2n) is 5.24. The van der Waals surface area contributed by atoms with Gasteiger partial charge in [-0.1, -0.05) is 30.7 Å². The number of thioether (sulfide) groups is 1. The number of ether oxygens (including phenoxy) is 1. The van der Waals surface area contributed by atoms with Crippen molar-refractivity contribution in [1.82, 2.24) is 0 Å². The molecule has 0 spiro atoms. The molecule has 1 aromatic heterocycles. The van der Waals surface area contributed by atoms with Crippen LogP contribution in [0.2, 0.25) is 0 Å². The molecule has 0 saturated heterocycles. The van der Waals surface area contributed by atoms with Crippen molar-refractivity contribution in [3.05, 3.63) is 66.4 Å². The second kappa shape index (κ2) is 8.86. The van der Waals surface area contributed by atoms with Gasteiger partial charge in [0.15, 0.2) is 17.4 Å². The third-order valence-corrected chi connectivity index (χ3v) is 5.44. The van der Waals surface area contributed by atoms with Crippen LogP contribution in [0.5, 0.6) is 0 Å². The minimum absolute atomic E-state index is 0.0515. The Morgan fingerprint density at radius 1 is 1.19 bits per heavy atom. The Balaban J connectivity index is 2.59. The monoisotopic (exact) mass is 392 g/mol. The Kier molecular flexibility index (Phi) is 6.82. The molecule has 1 heterocycles. The molecule has 1 aromatic carbocycles. The minimum Gasteiger partial charge on any atom is -0.609 e. The predicted octanol–water partition coefficient (Wildman–Crippen LogP) is 1.96. The maximum absolute atomic E-state index is 12.7. The molecular formula is C18H20N2O4S2. The molecule has 8 heteroatoms.